The highest BCUT2D eigenvalue weighted by atomic mass is 127. The third kappa shape index (κ3) is 6.02. The maximum absolute atomic E-state index is 12.6. The van der Waals surface area contributed by atoms with E-state index < -0.39 is 0 Å². The first-order valence-corrected chi connectivity index (χ1v) is 11.8. The number of aryl methyl sites for hydroxylation is 1. The van der Waals surface area contributed by atoms with Crippen molar-refractivity contribution in [1.29, 1.82) is 0 Å². The lowest BCUT2D eigenvalue weighted by Gasteiger charge is -2.14. The highest BCUT2D eigenvalue weighted by Crippen LogP contribution is 2.37. The van der Waals surface area contributed by atoms with Crippen LogP contribution in [0.15, 0.2) is 54.0 Å². The average Bonchev–Trinajstić information content (AvgIpc) is 3.01. The van der Waals surface area contributed by atoms with Gasteiger partial charge in [0.2, 0.25) is 0 Å². The summed E-state index contributed by atoms with van der Waals surface area (Å²) >= 11 is 8.78. The fourth-order valence-electron chi connectivity index (χ4n) is 2.84. The normalized spacial score (nSPS) is 14.8. The maximum Gasteiger partial charge on any atom is 0.266 e. The Morgan fingerprint density at radius 3 is 2.58 bits per heavy atom. The number of nitrogens with zero attached hydrogens (tertiary/aromatic N) is 1. The molecule has 0 atom stereocenters. The molecule has 3 rings (SSSR count). The first kappa shape index (κ1) is 23.6. The van der Waals surface area contributed by atoms with Crippen molar-refractivity contribution in [1.82, 2.24) is 4.90 Å². The van der Waals surface area contributed by atoms with Gasteiger partial charge in [-0.25, -0.2) is 0 Å². The third-order valence-corrected chi connectivity index (χ3v) is 6.53. The molecule has 1 fully saturated rings. The average molecular weight is 567 g/mol. The standard InChI is InChI=1S/C23H22INO4S2/c1-4-9-25-22(26)20(31-23(25)30)14-16-12-18(24)21(19(13-16)27-3)29-11-10-28-17-7-5-15(2)6-8-17/h4-8,12-14H,1,9-11H2,2-3H3/b20-14-. The summed E-state index contributed by atoms with van der Waals surface area (Å²) in [6, 6.07) is 11.7. The molecular weight excluding hydrogens is 545 g/mol. The molecule has 0 aliphatic carbocycles. The lowest BCUT2D eigenvalue weighted by Crippen LogP contribution is -2.27. The van der Waals surface area contributed by atoms with Crippen molar-refractivity contribution in [2.24, 2.45) is 0 Å². The topological polar surface area (TPSA) is 48.0 Å². The van der Waals surface area contributed by atoms with E-state index in [1.807, 2.05) is 49.4 Å². The molecule has 0 N–H and O–H groups in total. The van der Waals surface area contributed by atoms with Gasteiger partial charge in [-0.3, -0.25) is 9.69 Å². The summed E-state index contributed by atoms with van der Waals surface area (Å²) in [5.41, 5.74) is 2.02. The molecule has 0 spiro atoms. The second-order valence-electron chi connectivity index (χ2n) is 6.63. The number of rotatable bonds is 9. The maximum atomic E-state index is 12.6. The molecule has 0 aromatic heterocycles. The summed E-state index contributed by atoms with van der Waals surface area (Å²) < 4.78 is 18.6. The number of ether oxygens (including phenoxy) is 3. The van der Waals surface area contributed by atoms with Crippen molar-refractivity contribution in [3.05, 3.63) is 68.7 Å². The number of thiocarbonyl (C=S) groups is 1. The highest BCUT2D eigenvalue weighted by Gasteiger charge is 2.31. The molecule has 5 nitrogen and oxygen atoms in total. The minimum absolute atomic E-state index is 0.113. The Labute approximate surface area is 205 Å². The molecule has 0 bridgehead atoms. The Morgan fingerprint density at radius 1 is 1.19 bits per heavy atom. The number of hydrogen-bond acceptors (Lipinski definition) is 6. The summed E-state index contributed by atoms with van der Waals surface area (Å²) in [6.45, 7) is 6.90. The van der Waals surface area contributed by atoms with Crippen LogP contribution in [-0.4, -0.2) is 42.0 Å². The van der Waals surface area contributed by atoms with Gasteiger partial charge >= 0.3 is 0 Å². The summed E-state index contributed by atoms with van der Waals surface area (Å²) in [7, 11) is 1.59. The largest absolute Gasteiger partial charge is 0.493 e. The molecule has 162 valence electrons. The zero-order chi connectivity index (χ0) is 22.4. The van der Waals surface area contributed by atoms with Crippen LogP contribution in [0, 0.1) is 10.5 Å². The molecule has 2 aromatic rings. The number of methoxy groups -OCH3 is 1. The van der Waals surface area contributed by atoms with Crippen LogP contribution >= 0.6 is 46.6 Å². The molecule has 2 aromatic carbocycles. The molecule has 0 unspecified atom stereocenters. The van der Waals surface area contributed by atoms with E-state index in [9.17, 15) is 4.79 Å². The predicted molar refractivity (Wildman–Crippen MR) is 138 cm³/mol. The molecule has 0 radical (unpaired) electrons. The van der Waals surface area contributed by atoms with Crippen LogP contribution in [0.3, 0.4) is 0 Å². The van der Waals surface area contributed by atoms with Crippen LogP contribution in [0.2, 0.25) is 0 Å². The SMILES string of the molecule is C=CCN1C(=O)/C(=C/c2cc(I)c(OCCOc3ccc(C)cc3)c(OC)c2)SC1=S. The zero-order valence-electron chi connectivity index (χ0n) is 17.2. The molecule has 1 saturated heterocycles. The third-order valence-electron chi connectivity index (χ3n) is 4.35. The van der Waals surface area contributed by atoms with Crippen LogP contribution in [0.5, 0.6) is 17.2 Å². The second-order valence-corrected chi connectivity index (χ2v) is 9.46. The van der Waals surface area contributed by atoms with Gasteiger partial charge in [0.05, 0.1) is 15.6 Å². The molecular formula is C23H22INO4S2. The minimum atomic E-state index is -0.113. The van der Waals surface area contributed by atoms with Crippen LogP contribution < -0.4 is 14.2 Å². The molecule has 31 heavy (non-hydrogen) atoms. The summed E-state index contributed by atoms with van der Waals surface area (Å²) in [5, 5.41) is 0. The summed E-state index contributed by atoms with van der Waals surface area (Å²) in [5.74, 6) is 1.93. The fraction of sp³-hybridized carbons (Fsp3) is 0.217. The van der Waals surface area contributed by atoms with Crippen LogP contribution in [0.1, 0.15) is 11.1 Å². The monoisotopic (exact) mass is 567 g/mol. The van der Waals surface area contributed by atoms with Gasteiger partial charge in [-0.15, -0.1) is 6.58 Å². The van der Waals surface area contributed by atoms with Gasteiger partial charge in [0, 0.05) is 6.54 Å². The Balaban J connectivity index is 1.68. The fourth-order valence-corrected chi connectivity index (χ4v) is 4.89. The first-order chi connectivity index (χ1) is 14.9. The van der Waals surface area contributed by atoms with Gasteiger partial charge in [-0.05, 0) is 65.4 Å². The van der Waals surface area contributed by atoms with Gasteiger partial charge in [-0.1, -0.05) is 47.8 Å². The molecule has 1 aliphatic heterocycles. The van der Waals surface area contributed by atoms with Gasteiger partial charge in [0.1, 0.15) is 23.3 Å². The molecule has 1 amide bonds. The Hall–Kier alpha value is -2.04. The van der Waals surface area contributed by atoms with E-state index in [-0.39, 0.29) is 5.91 Å². The molecule has 1 aliphatic rings. The first-order valence-electron chi connectivity index (χ1n) is 9.49. The van der Waals surface area contributed by atoms with Gasteiger partial charge in [0.15, 0.2) is 11.5 Å². The zero-order valence-corrected chi connectivity index (χ0v) is 21.0. The van der Waals surface area contributed by atoms with Crippen molar-refractivity contribution < 1.29 is 19.0 Å². The summed E-state index contributed by atoms with van der Waals surface area (Å²) in [6.07, 6.45) is 3.48. The van der Waals surface area contributed by atoms with Gasteiger partial charge in [0.25, 0.3) is 5.91 Å². The number of benzene rings is 2. The minimum Gasteiger partial charge on any atom is -0.493 e. The lowest BCUT2D eigenvalue weighted by atomic mass is 10.2. The van der Waals surface area contributed by atoms with Gasteiger partial charge < -0.3 is 14.2 Å². The van der Waals surface area contributed by atoms with Crippen LogP contribution in [0.25, 0.3) is 6.08 Å². The second kappa shape index (κ2) is 11.0. The van der Waals surface area contributed by atoms with Crippen molar-refractivity contribution in [3.8, 4) is 17.2 Å². The van der Waals surface area contributed by atoms with E-state index in [1.54, 1.807) is 13.2 Å². The van der Waals surface area contributed by atoms with Crippen molar-refractivity contribution in [3.63, 3.8) is 0 Å². The molecule has 0 saturated carbocycles. The lowest BCUT2D eigenvalue weighted by molar-refractivity contribution is -0.121. The van der Waals surface area contributed by atoms with Crippen molar-refractivity contribution >= 4 is 62.9 Å². The van der Waals surface area contributed by atoms with Crippen molar-refractivity contribution in [2.75, 3.05) is 26.9 Å². The van der Waals surface area contributed by atoms with Gasteiger partial charge in [-0.2, -0.15) is 0 Å². The van der Waals surface area contributed by atoms with E-state index in [0.29, 0.717) is 40.5 Å². The van der Waals surface area contributed by atoms with E-state index in [2.05, 4.69) is 29.2 Å². The number of amides is 1. The number of halogens is 1. The van der Waals surface area contributed by atoms with E-state index >= 15 is 0 Å². The predicted octanol–water partition coefficient (Wildman–Crippen LogP) is 5.45. The Kier molecular flexibility index (Phi) is 8.39. The molecule has 1 heterocycles. The van der Waals surface area contributed by atoms with Crippen LogP contribution in [0.4, 0.5) is 0 Å². The van der Waals surface area contributed by atoms with Crippen LogP contribution in [-0.2, 0) is 4.79 Å². The summed E-state index contributed by atoms with van der Waals surface area (Å²) in [4.78, 5) is 14.7. The Bertz CT molecular complexity index is 1020. The smallest absolute Gasteiger partial charge is 0.266 e. The number of hydrogen-bond donors (Lipinski definition) is 0. The number of thioether (sulfide) groups is 1. The quantitative estimate of drug-likeness (QED) is 0.132. The Morgan fingerprint density at radius 2 is 1.90 bits per heavy atom. The molecule has 8 heteroatoms. The number of carbonyl (C=O) groups excluding carboxylic acids is 1. The van der Waals surface area contributed by atoms with Crippen molar-refractivity contribution in [2.45, 2.75) is 6.92 Å². The number of carbonyl (C=O) groups is 1. The van der Waals surface area contributed by atoms with E-state index in [1.165, 1.54) is 22.2 Å². The highest BCUT2D eigenvalue weighted by molar-refractivity contribution is 14.1. The van der Waals surface area contributed by atoms with E-state index in [4.69, 9.17) is 26.4 Å². The van der Waals surface area contributed by atoms with E-state index in [0.717, 1.165) is 14.9 Å².